The van der Waals surface area contributed by atoms with E-state index in [1.165, 1.54) is 0 Å². The molecule has 6 rings (SSSR count). The summed E-state index contributed by atoms with van der Waals surface area (Å²) in [5.74, 6) is 1.75. The van der Waals surface area contributed by atoms with E-state index in [2.05, 4.69) is 40.8 Å². The van der Waals surface area contributed by atoms with Gasteiger partial charge in [-0.1, -0.05) is 14.9 Å². The van der Waals surface area contributed by atoms with E-state index in [0.717, 1.165) is 39.7 Å². The molecule has 0 fully saturated rings. The summed E-state index contributed by atoms with van der Waals surface area (Å²) >= 11 is 0. The first kappa shape index (κ1) is 36.9. The highest BCUT2D eigenvalue weighted by Crippen LogP contribution is 2.20. The summed E-state index contributed by atoms with van der Waals surface area (Å²) in [6.45, 7) is 13.6. The van der Waals surface area contributed by atoms with Crippen molar-refractivity contribution < 1.29 is 19.4 Å². The lowest BCUT2D eigenvalue weighted by Crippen LogP contribution is -2.07. The molecule has 0 radical (unpaired) electrons. The Kier molecular flexibility index (Phi) is 11.8. The van der Waals surface area contributed by atoms with E-state index < -0.39 is 5.97 Å². The van der Waals surface area contributed by atoms with Gasteiger partial charge in [0.15, 0.2) is 34.6 Å². The number of hydrogen-bond donors (Lipinski definition) is 1. The second kappa shape index (κ2) is 15.4. The maximum atomic E-state index is 11.6. The van der Waals surface area contributed by atoms with Crippen molar-refractivity contribution in [1.29, 1.82) is 0 Å². The molecule has 0 saturated heterocycles. The first-order chi connectivity index (χ1) is 22.0. The quantitative estimate of drug-likeness (QED) is 0.218. The molecule has 0 aliphatic carbocycles. The molecular formula is C32H44N12O4. The molecule has 16 heteroatoms. The monoisotopic (exact) mass is 660 g/mol. The molecule has 0 spiro atoms. The van der Waals surface area contributed by atoms with E-state index in [4.69, 9.17) is 9.84 Å². The fourth-order valence-electron chi connectivity index (χ4n) is 5.21. The van der Waals surface area contributed by atoms with Gasteiger partial charge in [-0.15, -0.1) is 30.6 Å². The number of ether oxygens (including phenoxy) is 1. The van der Waals surface area contributed by atoms with E-state index in [9.17, 15) is 9.59 Å². The second-order valence-electron chi connectivity index (χ2n) is 10.7. The van der Waals surface area contributed by atoms with Crippen LogP contribution in [0.3, 0.4) is 0 Å². The van der Waals surface area contributed by atoms with Crippen molar-refractivity contribution >= 4 is 23.2 Å². The Labute approximate surface area is 278 Å². The highest BCUT2D eigenvalue weighted by Gasteiger charge is 2.17. The van der Waals surface area contributed by atoms with Crippen LogP contribution in [0.4, 0.5) is 0 Å². The summed E-state index contributed by atoms with van der Waals surface area (Å²) in [4.78, 5) is 22.4. The summed E-state index contributed by atoms with van der Waals surface area (Å²) in [6, 6.07) is 7.37. The minimum Gasteiger partial charge on any atom is -0.481 e. The first-order valence-corrected chi connectivity index (χ1v) is 14.8. The van der Waals surface area contributed by atoms with Crippen LogP contribution in [-0.2, 0) is 27.2 Å². The standard InChI is InChI=1S/C16H20N6O2.C14H16N6O2.2CH4/c1-5-24-16(23)9-6-13-10(2)19-21(11(13)3)15-8-7-14-18-17-12(4)22(14)20-15;1-8-11(4-7-14(21)22)9(2)19(17-8)13-6-5-12-16-15-10(3)20(12)18-13;;/h7-8H,5-6,9H2,1-4H3;5-6H,4,7H2,1-3H3,(H,21,22);2*1H4. The van der Waals surface area contributed by atoms with Crippen molar-refractivity contribution in [2.75, 3.05) is 6.61 Å². The van der Waals surface area contributed by atoms with E-state index in [0.29, 0.717) is 54.6 Å². The minimum absolute atomic E-state index is 0. The molecule has 6 aromatic heterocycles. The topological polar surface area (TPSA) is 185 Å². The molecule has 0 bridgehead atoms. The van der Waals surface area contributed by atoms with Gasteiger partial charge in [0.05, 0.1) is 18.0 Å². The van der Waals surface area contributed by atoms with Gasteiger partial charge in [-0.25, -0.2) is 9.36 Å². The Bertz CT molecular complexity index is 2050. The zero-order chi connectivity index (χ0) is 33.1. The molecule has 0 unspecified atom stereocenters. The average Bonchev–Trinajstić information content (AvgIpc) is 3.75. The molecule has 1 N–H and O–H groups in total. The number of carbonyl (C=O) groups excluding carboxylic acids is 1. The summed E-state index contributed by atoms with van der Waals surface area (Å²) < 4.78 is 11.8. The smallest absolute Gasteiger partial charge is 0.306 e. The van der Waals surface area contributed by atoms with Gasteiger partial charge in [-0.3, -0.25) is 9.59 Å². The molecule has 0 aromatic carbocycles. The number of carboxylic acid groups (broad SMARTS) is 1. The molecule has 48 heavy (non-hydrogen) atoms. The third-order valence-electron chi connectivity index (χ3n) is 7.60. The molecule has 6 heterocycles. The van der Waals surface area contributed by atoms with Crippen molar-refractivity contribution in [3.8, 4) is 11.6 Å². The van der Waals surface area contributed by atoms with Crippen LogP contribution >= 0.6 is 0 Å². The van der Waals surface area contributed by atoms with Gasteiger partial charge in [0, 0.05) is 24.2 Å². The Morgan fingerprint density at radius 1 is 0.667 bits per heavy atom. The molecule has 0 atom stereocenters. The molecule has 256 valence electrons. The minimum atomic E-state index is -0.814. The van der Waals surface area contributed by atoms with Crippen LogP contribution in [0.5, 0.6) is 0 Å². The van der Waals surface area contributed by atoms with Crippen LogP contribution < -0.4 is 0 Å². The molecule has 6 aromatic rings. The number of aryl methyl sites for hydroxylation is 4. The van der Waals surface area contributed by atoms with Gasteiger partial charge in [0.1, 0.15) is 0 Å². The molecule has 16 nitrogen and oxygen atoms in total. The van der Waals surface area contributed by atoms with Crippen molar-refractivity contribution in [3.05, 3.63) is 69.8 Å². The fourth-order valence-corrected chi connectivity index (χ4v) is 5.21. The maximum absolute atomic E-state index is 11.6. The lowest BCUT2D eigenvalue weighted by molar-refractivity contribution is -0.143. The maximum Gasteiger partial charge on any atom is 0.306 e. The van der Waals surface area contributed by atoms with Crippen LogP contribution in [0, 0.1) is 41.5 Å². The number of nitrogens with zero attached hydrogens (tertiary/aromatic N) is 12. The third kappa shape index (κ3) is 7.53. The largest absolute Gasteiger partial charge is 0.481 e. The van der Waals surface area contributed by atoms with Gasteiger partial charge in [0.25, 0.3) is 0 Å². The zero-order valence-corrected chi connectivity index (χ0v) is 26.9. The molecule has 0 saturated carbocycles. The SMILES string of the molecule is C.C.CCOC(=O)CCc1c(C)nn(-c2ccc3nnc(C)n3n2)c1C.Cc1nn(-c2ccc3nnc(C)n3n2)c(C)c1CCC(=O)O. The number of aliphatic carboxylic acids is 1. The Morgan fingerprint density at radius 2 is 1.10 bits per heavy atom. The predicted octanol–water partition coefficient (Wildman–Crippen LogP) is 4.26. The van der Waals surface area contributed by atoms with Gasteiger partial charge < -0.3 is 9.84 Å². The third-order valence-corrected chi connectivity index (χ3v) is 7.60. The van der Waals surface area contributed by atoms with E-state index in [1.54, 1.807) is 25.3 Å². The lowest BCUT2D eigenvalue weighted by atomic mass is 10.1. The van der Waals surface area contributed by atoms with Crippen LogP contribution in [0.2, 0.25) is 0 Å². The Morgan fingerprint density at radius 3 is 1.52 bits per heavy atom. The molecule has 0 amide bonds. The lowest BCUT2D eigenvalue weighted by Gasteiger charge is -2.05. The Hall–Kier alpha value is -5.54. The van der Waals surface area contributed by atoms with E-state index in [-0.39, 0.29) is 27.2 Å². The summed E-state index contributed by atoms with van der Waals surface area (Å²) in [7, 11) is 0. The number of hydrogen-bond acceptors (Lipinski definition) is 11. The van der Waals surface area contributed by atoms with Crippen LogP contribution in [0.15, 0.2) is 24.3 Å². The van der Waals surface area contributed by atoms with Crippen LogP contribution in [0.25, 0.3) is 22.9 Å². The second-order valence-corrected chi connectivity index (χ2v) is 10.7. The van der Waals surface area contributed by atoms with Gasteiger partial charge in [-0.05, 0) is 96.7 Å². The number of rotatable bonds is 9. The molecule has 0 aliphatic rings. The summed E-state index contributed by atoms with van der Waals surface area (Å²) in [5, 5.41) is 43.0. The number of carboxylic acids is 1. The van der Waals surface area contributed by atoms with Gasteiger partial charge in [-0.2, -0.15) is 19.2 Å². The van der Waals surface area contributed by atoms with Gasteiger partial charge in [0.2, 0.25) is 0 Å². The normalized spacial score (nSPS) is 10.7. The van der Waals surface area contributed by atoms with Crippen LogP contribution in [0.1, 0.15) is 80.2 Å². The summed E-state index contributed by atoms with van der Waals surface area (Å²) in [6.07, 6.45) is 1.49. The van der Waals surface area contributed by atoms with E-state index >= 15 is 0 Å². The van der Waals surface area contributed by atoms with Crippen molar-refractivity contribution in [2.45, 2.75) is 89.0 Å². The highest BCUT2D eigenvalue weighted by atomic mass is 16.5. The highest BCUT2D eigenvalue weighted by molar-refractivity contribution is 5.69. The van der Waals surface area contributed by atoms with Crippen molar-refractivity contribution in [1.82, 2.24) is 59.2 Å². The molecule has 0 aliphatic heterocycles. The summed E-state index contributed by atoms with van der Waals surface area (Å²) in [5.41, 5.74) is 6.94. The average molecular weight is 661 g/mol. The van der Waals surface area contributed by atoms with Crippen molar-refractivity contribution in [2.24, 2.45) is 0 Å². The fraction of sp³-hybridized carbons (Fsp3) is 0.438. The number of fused-ring (bicyclic) bond motifs is 2. The van der Waals surface area contributed by atoms with Gasteiger partial charge >= 0.3 is 11.9 Å². The number of carbonyl (C=O) groups is 2. The first-order valence-electron chi connectivity index (χ1n) is 14.8. The predicted molar refractivity (Wildman–Crippen MR) is 179 cm³/mol. The van der Waals surface area contributed by atoms with Crippen LogP contribution in [-0.4, -0.2) is 82.8 Å². The van der Waals surface area contributed by atoms with E-state index in [1.807, 2.05) is 65.8 Å². The number of esters is 1. The Balaban J connectivity index is 0.000000251. The number of aromatic nitrogens is 12. The molecular weight excluding hydrogens is 616 g/mol. The zero-order valence-electron chi connectivity index (χ0n) is 26.9. The van der Waals surface area contributed by atoms with Crippen molar-refractivity contribution in [3.63, 3.8) is 0 Å².